The second-order valence-electron chi connectivity index (χ2n) is 10.1. The third kappa shape index (κ3) is 6.32. The van der Waals surface area contributed by atoms with E-state index < -0.39 is 35.8 Å². The second kappa shape index (κ2) is 10.7. The van der Waals surface area contributed by atoms with Gasteiger partial charge in [0, 0.05) is 23.5 Å². The van der Waals surface area contributed by atoms with Crippen molar-refractivity contribution in [3.63, 3.8) is 0 Å². The molecule has 2 aliphatic rings. The number of cyclic esters (lactones) is 1. The molecule has 1 aromatic carbocycles. The lowest BCUT2D eigenvalue weighted by Gasteiger charge is -2.20. The van der Waals surface area contributed by atoms with Crippen LogP contribution in [0.1, 0.15) is 26.5 Å². The van der Waals surface area contributed by atoms with E-state index in [9.17, 15) is 9.59 Å². The van der Waals surface area contributed by atoms with Gasteiger partial charge in [-0.25, -0.2) is 18.7 Å². The first kappa shape index (κ1) is 26.1. The molecule has 0 bridgehead atoms. The van der Waals surface area contributed by atoms with Crippen molar-refractivity contribution < 1.29 is 28.3 Å². The molecule has 0 unspecified atom stereocenters. The summed E-state index contributed by atoms with van der Waals surface area (Å²) in [6.45, 7) is 6.20. The number of anilines is 1. The number of ether oxygens (including phenoxy) is 2. The predicted molar refractivity (Wildman–Crippen MR) is 137 cm³/mol. The highest BCUT2D eigenvalue weighted by atomic mass is 19.1. The number of nitrogens with zero attached hydrogens (tertiary/aromatic N) is 5. The topological polar surface area (TPSA) is 133 Å². The maximum Gasteiger partial charge on any atom is 0.414 e. The zero-order valence-corrected chi connectivity index (χ0v) is 21.6. The van der Waals surface area contributed by atoms with E-state index in [1.54, 1.807) is 74.4 Å². The first-order valence-electron chi connectivity index (χ1n) is 12.3. The lowest BCUT2D eigenvalue weighted by Crippen LogP contribution is -2.37. The Morgan fingerprint density at radius 2 is 2.13 bits per heavy atom. The number of amides is 2. The summed E-state index contributed by atoms with van der Waals surface area (Å²) in [5, 5.41) is 10.3. The Bertz CT molecular complexity index is 1370. The number of carbonyl (C=O) groups excluding carboxylic acids is 2. The zero-order chi connectivity index (χ0) is 27.6. The van der Waals surface area contributed by atoms with Gasteiger partial charge in [-0.1, -0.05) is 11.3 Å². The van der Waals surface area contributed by atoms with Crippen molar-refractivity contribution in [1.29, 1.82) is 0 Å². The third-order valence-corrected chi connectivity index (χ3v) is 5.87. The standard InChI is InChI=1S/C26H28FN7O5/c1-26(2,3)38-24(35)29-13-18-11-23(31-39-18)22-7-4-16(12-28-22)20-6-5-17(10-21(20)27)34-15-19(37-25(34)36)14-33-9-8-30-32-33/h4-12,18-19,31H,13-15H2,1-3H3,(H,29,35)/t18-,19-/m0/s1. The fourth-order valence-electron chi connectivity index (χ4n) is 4.11. The van der Waals surface area contributed by atoms with E-state index in [2.05, 4.69) is 26.1 Å². The lowest BCUT2D eigenvalue weighted by molar-refractivity contribution is 0.0353. The Morgan fingerprint density at radius 3 is 2.82 bits per heavy atom. The van der Waals surface area contributed by atoms with Gasteiger partial charge in [0.25, 0.3) is 0 Å². The number of carbonyl (C=O) groups is 2. The molecule has 39 heavy (non-hydrogen) atoms. The fraction of sp³-hybridized carbons (Fsp3) is 0.346. The van der Waals surface area contributed by atoms with Crippen molar-refractivity contribution in [3.05, 3.63) is 66.5 Å². The van der Waals surface area contributed by atoms with E-state index in [0.29, 0.717) is 34.8 Å². The van der Waals surface area contributed by atoms with Gasteiger partial charge in [-0.3, -0.25) is 20.2 Å². The maximum absolute atomic E-state index is 15.1. The molecule has 2 atom stereocenters. The smallest absolute Gasteiger partial charge is 0.414 e. The molecular formula is C26H28FN7O5. The third-order valence-electron chi connectivity index (χ3n) is 5.87. The largest absolute Gasteiger partial charge is 0.444 e. The zero-order valence-electron chi connectivity index (χ0n) is 21.6. The van der Waals surface area contributed by atoms with Crippen molar-refractivity contribution >= 4 is 23.6 Å². The van der Waals surface area contributed by atoms with Crippen LogP contribution in [0.2, 0.25) is 0 Å². The molecule has 0 spiro atoms. The van der Waals surface area contributed by atoms with Gasteiger partial charge in [0.2, 0.25) is 0 Å². The number of hydroxylamine groups is 1. The van der Waals surface area contributed by atoms with Crippen molar-refractivity contribution in [3.8, 4) is 11.1 Å². The van der Waals surface area contributed by atoms with E-state index in [4.69, 9.17) is 14.3 Å². The Balaban J connectivity index is 1.20. The van der Waals surface area contributed by atoms with Gasteiger partial charge in [-0.15, -0.1) is 5.10 Å². The number of nitrogens with one attached hydrogen (secondary N) is 2. The number of benzene rings is 1. The van der Waals surface area contributed by atoms with Gasteiger partial charge in [0.15, 0.2) is 0 Å². The molecule has 0 radical (unpaired) electrons. The number of aromatic nitrogens is 4. The first-order chi connectivity index (χ1) is 18.6. The molecule has 3 aromatic rings. The summed E-state index contributed by atoms with van der Waals surface area (Å²) < 4.78 is 27.3. The Hall–Kier alpha value is -4.52. The van der Waals surface area contributed by atoms with Gasteiger partial charge < -0.3 is 14.8 Å². The lowest BCUT2D eigenvalue weighted by atomic mass is 10.1. The molecule has 4 heterocycles. The van der Waals surface area contributed by atoms with E-state index >= 15 is 4.39 Å². The van der Waals surface area contributed by atoms with Crippen LogP contribution in [0.4, 0.5) is 19.7 Å². The second-order valence-corrected chi connectivity index (χ2v) is 10.1. The van der Waals surface area contributed by atoms with Crippen LogP contribution in [0.15, 0.2) is 55.0 Å². The van der Waals surface area contributed by atoms with E-state index in [1.165, 1.54) is 11.0 Å². The van der Waals surface area contributed by atoms with Crippen LogP contribution in [0, 0.1) is 5.82 Å². The Labute approximate surface area is 223 Å². The number of pyridine rings is 1. The van der Waals surface area contributed by atoms with Gasteiger partial charge in [-0.05, 0) is 51.1 Å². The minimum absolute atomic E-state index is 0.215. The van der Waals surface area contributed by atoms with Crippen molar-refractivity contribution in [2.24, 2.45) is 0 Å². The molecule has 0 saturated carbocycles. The average molecular weight is 538 g/mol. The highest BCUT2D eigenvalue weighted by Crippen LogP contribution is 2.30. The van der Waals surface area contributed by atoms with Crippen molar-refractivity contribution in [2.45, 2.75) is 45.1 Å². The molecule has 12 nitrogen and oxygen atoms in total. The Morgan fingerprint density at radius 1 is 1.28 bits per heavy atom. The Kier molecular flexibility index (Phi) is 7.15. The highest BCUT2D eigenvalue weighted by Gasteiger charge is 2.33. The predicted octanol–water partition coefficient (Wildman–Crippen LogP) is 3.27. The van der Waals surface area contributed by atoms with Crippen molar-refractivity contribution in [2.75, 3.05) is 18.0 Å². The van der Waals surface area contributed by atoms with Gasteiger partial charge in [-0.2, -0.15) is 0 Å². The summed E-state index contributed by atoms with van der Waals surface area (Å²) in [7, 11) is 0. The van der Waals surface area contributed by atoms with Crippen LogP contribution in [-0.4, -0.2) is 63.1 Å². The van der Waals surface area contributed by atoms with E-state index in [1.807, 2.05) is 0 Å². The summed E-state index contributed by atoms with van der Waals surface area (Å²) in [5.74, 6) is -0.496. The van der Waals surface area contributed by atoms with Gasteiger partial charge in [0.1, 0.15) is 23.6 Å². The summed E-state index contributed by atoms with van der Waals surface area (Å²) in [6.07, 6.45) is 4.66. The number of hydrogen-bond acceptors (Lipinski definition) is 9. The molecule has 1 saturated heterocycles. The first-order valence-corrected chi connectivity index (χ1v) is 12.3. The van der Waals surface area contributed by atoms with Crippen LogP contribution in [0.3, 0.4) is 0 Å². The minimum atomic E-state index is -0.590. The summed E-state index contributed by atoms with van der Waals surface area (Å²) in [6, 6.07) is 8.06. The van der Waals surface area contributed by atoms with Crippen LogP contribution in [-0.2, 0) is 20.9 Å². The molecule has 2 amide bonds. The normalized spacial score (nSPS) is 18.9. The van der Waals surface area contributed by atoms with Crippen LogP contribution in [0.5, 0.6) is 0 Å². The van der Waals surface area contributed by atoms with Crippen LogP contribution in [0.25, 0.3) is 16.8 Å². The minimum Gasteiger partial charge on any atom is -0.444 e. The molecule has 13 heteroatoms. The highest BCUT2D eigenvalue weighted by molar-refractivity contribution is 5.90. The molecular weight excluding hydrogens is 509 g/mol. The summed E-state index contributed by atoms with van der Waals surface area (Å²) >= 11 is 0. The molecule has 2 aromatic heterocycles. The average Bonchev–Trinajstić information content (AvgIpc) is 3.64. The van der Waals surface area contributed by atoms with E-state index in [0.717, 1.165) is 0 Å². The van der Waals surface area contributed by atoms with Crippen molar-refractivity contribution in [1.82, 2.24) is 30.8 Å². The molecule has 2 N–H and O–H groups in total. The molecule has 2 aliphatic heterocycles. The van der Waals surface area contributed by atoms with Gasteiger partial charge >= 0.3 is 12.2 Å². The van der Waals surface area contributed by atoms with Crippen LogP contribution >= 0.6 is 0 Å². The van der Waals surface area contributed by atoms with Gasteiger partial charge in [0.05, 0.1) is 42.9 Å². The fourth-order valence-corrected chi connectivity index (χ4v) is 4.11. The number of rotatable bonds is 7. The SMILES string of the molecule is CC(C)(C)OC(=O)NC[C@@H]1C=C(c2ccc(-c3ccc(N4C[C@H](Cn5ccnn5)OC4=O)cc3F)cn2)NO1. The maximum atomic E-state index is 15.1. The number of alkyl carbamates (subject to hydrolysis) is 1. The molecule has 0 aliphatic carbocycles. The molecule has 1 fully saturated rings. The molecule has 5 rings (SSSR count). The number of hydrogen-bond donors (Lipinski definition) is 2. The van der Waals surface area contributed by atoms with Crippen LogP contribution < -0.4 is 15.7 Å². The summed E-state index contributed by atoms with van der Waals surface area (Å²) in [5.41, 5.74) is 4.74. The monoisotopic (exact) mass is 537 g/mol. The number of halogens is 1. The van der Waals surface area contributed by atoms with E-state index in [-0.39, 0.29) is 13.1 Å². The quantitative estimate of drug-likeness (QED) is 0.466. The summed E-state index contributed by atoms with van der Waals surface area (Å²) in [4.78, 5) is 35.5. The molecule has 204 valence electrons.